The quantitative estimate of drug-likeness (QED) is 0.160. The molecule has 4 aromatic rings. The first-order chi connectivity index (χ1) is 18.4. The van der Waals surface area contributed by atoms with Crippen molar-refractivity contribution in [2.24, 2.45) is 0 Å². The van der Waals surface area contributed by atoms with Crippen molar-refractivity contribution in [2.75, 3.05) is 16.2 Å². The number of halogens is 6. The topological polar surface area (TPSA) is 70.8 Å². The molecule has 5 rings (SSSR count). The number of rotatable bonds is 5. The highest BCUT2D eigenvalue weighted by atomic mass is 127. The van der Waals surface area contributed by atoms with Gasteiger partial charge in [0.15, 0.2) is 5.65 Å². The van der Waals surface area contributed by atoms with Crippen LogP contribution in [-0.4, -0.2) is 46.5 Å². The predicted octanol–water partition coefficient (Wildman–Crippen LogP) is 7.15. The van der Waals surface area contributed by atoms with Crippen molar-refractivity contribution in [1.82, 2.24) is 18.9 Å². The lowest BCUT2D eigenvalue weighted by Crippen LogP contribution is -2.44. The van der Waals surface area contributed by atoms with Gasteiger partial charge >= 0.3 is 6.18 Å². The molecule has 0 N–H and O–H groups in total. The van der Waals surface area contributed by atoms with Gasteiger partial charge in [0.2, 0.25) is 10.0 Å². The lowest BCUT2D eigenvalue weighted by Gasteiger charge is -2.36. The van der Waals surface area contributed by atoms with Crippen LogP contribution < -0.4 is 3.11 Å². The number of aryl methyl sites for hydroxylation is 1. The molecule has 7 nitrogen and oxygen atoms in total. The molecule has 0 radical (unpaired) electrons. The summed E-state index contributed by atoms with van der Waals surface area (Å²) in [5.41, 5.74) is 2.52. The van der Waals surface area contributed by atoms with Crippen LogP contribution in [0.15, 0.2) is 64.1 Å². The third-order valence-corrected chi connectivity index (χ3v) is 10.9. The zero-order valence-electron chi connectivity index (χ0n) is 20.3. The molecule has 0 aliphatic carbocycles. The molecule has 1 saturated heterocycles. The third kappa shape index (κ3) is 5.52. The van der Waals surface area contributed by atoms with Gasteiger partial charge in [0.1, 0.15) is 10.7 Å². The Balaban J connectivity index is 1.39. The average molecular weight is 755 g/mol. The number of aromatic nitrogens is 3. The van der Waals surface area contributed by atoms with Crippen LogP contribution in [-0.2, 0) is 16.2 Å². The molecule has 0 atom stereocenters. The zero-order chi connectivity index (χ0) is 28.1. The Morgan fingerprint density at radius 2 is 1.82 bits per heavy atom. The van der Waals surface area contributed by atoms with Crippen LogP contribution in [0.5, 0.6) is 0 Å². The first-order valence-corrected chi connectivity index (χ1v) is 15.4. The SMILES string of the molecule is Cc1ccccc1-c1cc(N(I)C2CCN(S(=O)(=O)c3ccc(C(F)(F)F)cc3Cl)CC2)n2ncc(Br)c2n1. The number of benzene rings is 2. The average Bonchev–Trinajstić information content (AvgIpc) is 3.28. The molecule has 2 aromatic carbocycles. The fourth-order valence-corrected chi connectivity index (χ4v) is 7.83. The van der Waals surface area contributed by atoms with Crippen molar-refractivity contribution >= 4 is 71.9 Å². The number of sulfonamides is 1. The van der Waals surface area contributed by atoms with E-state index in [9.17, 15) is 21.6 Å². The monoisotopic (exact) mass is 753 g/mol. The fraction of sp³-hybridized carbons (Fsp3) is 0.280. The molecule has 206 valence electrons. The van der Waals surface area contributed by atoms with Crippen molar-refractivity contribution in [3.8, 4) is 11.3 Å². The molecular formula is C25H21BrClF3IN5O2S. The first kappa shape index (κ1) is 28.6. The van der Waals surface area contributed by atoms with Crippen LogP contribution in [0, 0.1) is 6.92 Å². The van der Waals surface area contributed by atoms with Crippen LogP contribution in [0.1, 0.15) is 24.0 Å². The summed E-state index contributed by atoms with van der Waals surface area (Å²) >= 11 is 11.7. The summed E-state index contributed by atoms with van der Waals surface area (Å²) in [6, 6.07) is 12.2. The summed E-state index contributed by atoms with van der Waals surface area (Å²) < 4.78 is 71.3. The van der Waals surface area contributed by atoms with Gasteiger partial charge in [-0.2, -0.15) is 27.1 Å². The van der Waals surface area contributed by atoms with Crippen LogP contribution in [0.4, 0.5) is 19.0 Å². The first-order valence-electron chi connectivity index (χ1n) is 11.8. The second-order valence-electron chi connectivity index (χ2n) is 9.13. The highest BCUT2D eigenvalue weighted by molar-refractivity contribution is 14.1. The van der Waals surface area contributed by atoms with E-state index in [1.807, 2.05) is 40.4 Å². The third-order valence-electron chi connectivity index (χ3n) is 6.67. The number of hydrogen-bond acceptors (Lipinski definition) is 5. The van der Waals surface area contributed by atoms with Crippen molar-refractivity contribution in [1.29, 1.82) is 0 Å². The van der Waals surface area contributed by atoms with Gasteiger partial charge in [-0.05, 0) is 59.5 Å². The number of alkyl halides is 3. The summed E-state index contributed by atoms with van der Waals surface area (Å²) in [4.78, 5) is 4.48. The second-order valence-corrected chi connectivity index (χ2v) is 13.3. The summed E-state index contributed by atoms with van der Waals surface area (Å²) in [7, 11) is -4.07. The minimum absolute atomic E-state index is 0.0292. The van der Waals surface area contributed by atoms with Gasteiger partial charge in [-0.15, -0.1) is 0 Å². The maximum atomic E-state index is 13.2. The molecule has 1 aliphatic rings. The van der Waals surface area contributed by atoms with E-state index < -0.39 is 26.8 Å². The van der Waals surface area contributed by atoms with E-state index in [2.05, 4.69) is 43.9 Å². The van der Waals surface area contributed by atoms with E-state index in [0.29, 0.717) is 24.6 Å². The maximum absolute atomic E-state index is 13.2. The number of piperidine rings is 1. The summed E-state index contributed by atoms with van der Waals surface area (Å²) in [5, 5.41) is 4.03. The van der Waals surface area contributed by atoms with Gasteiger partial charge in [-0.1, -0.05) is 35.9 Å². The molecule has 0 amide bonds. The minimum Gasteiger partial charge on any atom is -0.296 e. The lowest BCUT2D eigenvalue weighted by atomic mass is 10.0. The van der Waals surface area contributed by atoms with Crippen molar-refractivity contribution < 1.29 is 21.6 Å². The molecule has 0 unspecified atom stereocenters. The van der Waals surface area contributed by atoms with Gasteiger partial charge in [0, 0.05) is 30.8 Å². The van der Waals surface area contributed by atoms with E-state index in [-0.39, 0.29) is 24.0 Å². The number of nitrogens with zero attached hydrogens (tertiary/aromatic N) is 5. The molecule has 0 spiro atoms. The van der Waals surface area contributed by atoms with Crippen molar-refractivity contribution in [3.05, 3.63) is 75.4 Å². The number of fused-ring (bicyclic) bond motifs is 1. The second kappa shape index (κ2) is 10.8. The van der Waals surface area contributed by atoms with E-state index in [1.165, 1.54) is 4.31 Å². The lowest BCUT2D eigenvalue weighted by molar-refractivity contribution is -0.137. The Morgan fingerprint density at radius 3 is 2.46 bits per heavy atom. The molecule has 3 heterocycles. The van der Waals surface area contributed by atoms with E-state index >= 15 is 0 Å². The molecule has 1 aliphatic heterocycles. The van der Waals surface area contributed by atoms with Gasteiger partial charge < -0.3 is 0 Å². The van der Waals surface area contributed by atoms with E-state index in [4.69, 9.17) is 16.6 Å². The Hall–Kier alpha value is -1.94. The maximum Gasteiger partial charge on any atom is 0.416 e. The summed E-state index contributed by atoms with van der Waals surface area (Å²) in [5.74, 6) is 0.789. The normalized spacial score (nSPS) is 15.7. The van der Waals surface area contributed by atoms with Crippen LogP contribution in [0.3, 0.4) is 0 Å². The zero-order valence-corrected chi connectivity index (χ0v) is 25.6. The van der Waals surface area contributed by atoms with Crippen LogP contribution in [0.2, 0.25) is 5.02 Å². The highest BCUT2D eigenvalue weighted by Crippen LogP contribution is 2.37. The van der Waals surface area contributed by atoms with Gasteiger partial charge in [-0.25, -0.2) is 13.4 Å². The van der Waals surface area contributed by atoms with E-state index in [1.54, 1.807) is 10.7 Å². The number of hydrogen-bond donors (Lipinski definition) is 0. The molecule has 39 heavy (non-hydrogen) atoms. The molecule has 2 aromatic heterocycles. The molecule has 1 fully saturated rings. The van der Waals surface area contributed by atoms with Gasteiger partial charge in [0.05, 0.1) is 49.8 Å². The molecule has 0 saturated carbocycles. The Labute approximate surface area is 250 Å². The largest absolute Gasteiger partial charge is 0.416 e. The van der Waals surface area contributed by atoms with Crippen molar-refractivity contribution in [3.63, 3.8) is 0 Å². The molecule has 14 heteroatoms. The Morgan fingerprint density at radius 1 is 1.13 bits per heavy atom. The Bertz CT molecular complexity index is 1660. The summed E-state index contributed by atoms with van der Waals surface area (Å²) in [6.07, 6.45) is -1.95. The van der Waals surface area contributed by atoms with Crippen LogP contribution in [0.25, 0.3) is 16.9 Å². The summed E-state index contributed by atoms with van der Waals surface area (Å²) in [6.45, 7) is 2.39. The standard InChI is InChI=1S/C25H21BrClF3IN5O2S/c1-15-4-2-3-5-18(15)21-13-23(36-24(33-21)19(26)14-32-36)35(31)17-8-10-34(11-9-17)39(37,38)22-7-6-16(12-20(22)27)25(28,29)30/h2-7,12-14,17H,8-11H2,1H3. The Kier molecular flexibility index (Phi) is 7.92. The van der Waals surface area contributed by atoms with Gasteiger partial charge in [-0.3, -0.25) is 3.11 Å². The number of anilines is 1. The highest BCUT2D eigenvalue weighted by Gasteiger charge is 2.36. The van der Waals surface area contributed by atoms with Crippen LogP contribution >= 0.6 is 50.4 Å². The van der Waals surface area contributed by atoms with Crippen molar-refractivity contribution in [2.45, 2.75) is 36.9 Å². The predicted molar refractivity (Wildman–Crippen MR) is 156 cm³/mol. The smallest absolute Gasteiger partial charge is 0.296 e. The van der Waals surface area contributed by atoms with E-state index in [0.717, 1.165) is 39.2 Å². The minimum atomic E-state index is -4.62. The van der Waals surface area contributed by atoms with Gasteiger partial charge in [0.25, 0.3) is 0 Å². The molecule has 0 bridgehead atoms. The fourth-order valence-electron chi connectivity index (χ4n) is 4.59. The molecular weight excluding hydrogens is 734 g/mol.